The van der Waals surface area contributed by atoms with E-state index in [-0.39, 0.29) is 5.88 Å². The molecule has 0 radical (unpaired) electrons. The molecule has 0 bridgehead atoms. The summed E-state index contributed by atoms with van der Waals surface area (Å²) < 4.78 is 35.3. The Hall–Kier alpha value is -2.82. The van der Waals surface area contributed by atoms with E-state index in [1.165, 1.54) is 12.3 Å². The van der Waals surface area contributed by atoms with E-state index in [9.17, 15) is 8.78 Å². The summed E-state index contributed by atoms with van der Waals surface area (Å²) in [6.07, 6.45) is 4.99. The molecule has 3 aromatic heterocycles. The second-order valence-electron chi connectivity index (χ2n) is 5.16. The minimum Gasteiger partial charge on any atom is -0.415 e. The van der Waals surface area contributed by atoms with E-state index in [2.05, 4.69) is 35.3 Å². The minimum absolute atomic E-state index is 0.213. The van der Waals surface area contributed by atoms with Crippen LogP contribution in [-0.4, -0.2) is 50.3 Å². The summed E-state index contributed by atoms with van der Waals surface area (Å²) >= 11 is 0. The van der Waals surface area contributed by atoms with Crippen LogP contribution in [0.4, 0.5) is 20.4 Å². The number of anilines is 2. The lowest BCUT2D eigenvalue weighted by atomic mass is 10.3. The van der Waals surface area contributed by atoms with E-state index >= 15 is 0 Å². The highest BCUT2D eigenvalue weighted by Crippen LogP contribution is 2.19. The van der Waals surface area contributed by atoms with Crippen LogP contribution >= 0.6 is 0 Å². The number of unbranched alkanes of at least 4 members (excludes halogenated alkanes) is 1. The maximum Gasteiger partial charge on any atom is 0.388 e. The number of fused-ring (bicyclic) bond motifs is 1. The molecule has 11 heteroatoms. The van der Waals surface area contributed by atoms with E-state index in [1.807, 2.05) is 27.7 Å². The van der Waals surface area contributed by atoms with Crippen LogP contribution in [0.5, 0.6) is 5.88 Å². The number of methoxy groups -OCH3 is 1. The zero-order valence-corrected chi connectivity index (χ0v) is 17.4. The van der Waals surface area contributed by atoms with Gasteiger partial charge in [-0.3, -0.25) is 5.10 Å². The fourth-order valence-electron chi connectivity index (χ4n) is 2.24. The normalized spacial score (nSPS) is 10.2. The molecule has 0 unspecified atom stereocenters. The molecule has 0 aliphatic carbocycles. The van der Waals surface area contributed by atoms with Crippen LogP contribution in [-0.2, 0) is 11.3 Å². The molecule has 29 heavy (non-hydrogen) atoms. The molecule has 0 aliphatic rings. The topological polar surface area (TPSA) is 103 Å². The number of nitrogens with zero attached hydrogens (tertiary/aromatic N) is 5. The molecule has 2 N–H and O–H groups in total. The van der Waals surface area contributed by atoms with Crippen molar-refractivity contribution in [3.8, 4) is 5.88 Å². The van der Waals surface area contributed by atoms with Gasteiger partial charge in [0.1, 0.15) is 11.3 Å². The summed E-state index contributed by atoms with van der Waals surface area (Å²) in [6, 6.07) is 1.31. The van der Waals surface area contributed by atoms with Gasteiger partial charge in [0, 0.05) is 26.3 Å². The third-order valence-corrected chi connectivity index (χ3v) is 3.34. The fourth-order valence-corrected chi connectivity index (χ4v) is 2.24. The van der Waals surface area contributed by atoms with Crippen molar-refractivity contribution in [2.45, 2.75) is 53.7 Å². The molecule has 3 heterocycles. The molecule has 0 aliphatic heterocycles. The highest BCUT2D eigenvalue weighted by atomic mass is 19.3. The number of hydrogen-bond acceptors (Lipinski definition) is 7. The predicted molar refractivity (Wildman–Crippen MR) is 108 cm³/mol. The maximum absolute atomic E-state index is 12.2. The molecule has 3 rings (SSSR count). The summed E-state index contributed by atoms with van der Waals surface area (Å²) in [6.45, 7) is 6.46. The predicted octanol–water partition coefficient (Wildman–Crippen LogP) is 4.37. The second kappa shape index (κ2) is 13.4. The van der Waals surface area contributed by atoms with Crippen LogP contribution in [0.2, 0.25) is 0 Å². The van der Waals surface area contributed by atoms with Crippen molar-refractivity contribution in [2.75, 3.05) is 19.0 Å². The Morgan fingerprint density at radius 1 is 1.17 bits per heavy atom. The first-order valence-corrected chi connectivity index (χ1v) is 9.60. The number of halogens is 2. The van der Waals surface area contributed by atoms with Gasteiger partial charge in [-0.25, -0.2) is 14.6 Å². The molecule has 0 fully saturated rings. The molecule has 0 aromatic carbocycles. The van der Waals surface area contributed by atoms with E-state index in [0.29, 0.717) is 36.0 Å². The molecule has 162 valence electrons. The number of aromatic amines is 1. The molecule has 3 aromatic rings. The number of aryl methyl sites for hydroxylation is 1. The van der Waals surface area contributed by atoms with Crippen molar-refractivity contribution < 1.29 is 18.3 Å². The van der Waals surface area contributed by atoms with Crippen LogP contribution in [0.25, 0.3) is 11.2 Å². The van der Waals surface area contributed by atoms with Gasteiger partial charge in [-0.05, 0) is 12.8 Å². The van der Waals surface area contributed by atoms with Crippen LogP contribution in [0, 0.1) is 0 Å². The van der Waals surface area contributed by atoms with Crippen LogP contribution in [0.3, 0.4) is 0 Å². The van der Waals surface area contributed by atoms with E-state index in [0.717, 1.165) is 12.8 Å². The van der Waals surface area contributed by atoms with Crippen LogP contribution in [0.1, 0.15) is 40.5 Å². The van der Waals surface area contributed by atoms with Gasteiger partial charge in [0.15, 0.2) is 11.5 Å². The van der Waals surface area contributed by atoms with Gasteiger partial charge in [0.05, 0.1) is 12.4 Å². The average Bonchev–Trinajstić information content (AvgIpc) is 3.34. The Balaban J connectivity index is 0.000000989. The van der Waals surface area contributed by atoms with Crippen molar-refractivity contribution in [3.05, 3.63) is 18.5 Å². The van der Waals surface area contributed by atoms with Gasteiger partial charge in [-0.15, -0.1) is 5.10 Å². The summed E-state index contributed by atoms with van der Waals surface area (Å²) in [5.41, 5.74) is 1.30. The lowest BCUT2D eigenvalue weighted by molar-refractivity contribution is -0.0528. The monoisotopic (exact) mass is 413 g/mol. The average molecular weight is 413 g/mol. The number of rotatable bonds is 9. The minimum atomic E-state index is -2.93. The highest BCUT2D eigenvalue weighted by Gasteiger charge is 2.10. The Labute approximate surface area is 168 Å². The van der Waals surface area contributed by atoms with Gasteiger partial charge >= 0.3 is 6.61 Å². The molecule has 9 nitrogen and oxygen atoms in total. The molecule has 0 spiro atoms. The Morgan fingerprint density at radius 2 is 1.93 bits per heavy atom. The number of nitrogens with one attached hydrogen (secondary N) is 2. The molecule has 0 amide bonds. The molecular weight excluding hydrogens is 384 g/mol. The maximum atomic E-state index is 12.2. The standard InChI is InChI=1S/C14H17F2N7O2.2C2H6/c1-24-5-3-2-4-23-13-9(7-18-23)17-8-11(20-13)19-10-6-12(22-21-10)25-14(15)16;2*1-2/h6-8,14H,2-5H2,1H3,(H2,19,20,21,22);2*1-2H3. The second-order valence-corrected chi connectivity index (χ2v) is 5.16. The Morgan fingerprint density at radius 3 is 2.62 bits per heavy atom. The SMILES string of the molecule is CC.CC.COCCCCn1ncc2ncc(Nc3cc(OC(F)F)n[nH]3)nc21. The van der Waals surface area contributed by atoms with Crippen molar-refractivity contribution in [1.29, 1.82) is 0 Å². The number of alkyl halides is 2. The van der Waals surface area contributed by atoms with E-state index in [1.54, 1.807) is 18.0 Å². The molecule has 0 saturated carbocycles. The number of aromatic nitrogens is 6. The largest absolute Gasteiger partial charge is 0.415 e. The zero-order chi connectivity index (χ0) is 21.6. The third kappa shape index (κ3) is 7.60. The number of H-pyrrole nitrogens is 1. The summed E-state index contributed by atoms with van der Waals surface area (Å²) in [4.78, 5) is 8.74. The smallest absolute Gasteiger partial charge is 0.388 e. The fraction of sp³-hybridized carbons (Fsp3) is 0.556. The van der Waals surface area contributed by atoms with Gasteiger partial charge in [0.25, 0.3) is 0 Å². The summed E-state index contributed by atoms with van der Waals surface area (Å²) in [5, 5.41) is 13.3. The van der Waals surface area contributed by atoms with Crippen LogP contribution < -0.4 is 10.1 Å². The van der Waals surface area contributed by atoms with Crippen molar-refractivity contribution >= 4 is 22.8 Å². The van der Waals surface area contributed by atoms with Crippen molar-refractivity contribution in [3.63, 3.8) is 0 Å². The molecule has 0 saturated heterocycles. The van der Waals surface area contributed by atoms with Gasteiger partial charge in [0.2, 0.25) is 5.88 Å². The Kier molecular flexibility index (Phi) is 11.2. The first kappa shape index (κ1) is 24.2. The highest BCUT2D eigenvalue weighted by molar-refractivity contribution is 5.71. The quantitative estimate of drug-likeness (QED) is 0.502. The summed E-state index contributed by atoms with van der Waals surface area (Å²) in [7, 11) is 1.67. The van der Waals surface area contributed by atoms with Gasteiger partial charge in [-0.1, -0.05) is 27.7 Å². The first-order chi connectivity index (χ1) is 14.2. The van der Waals surface area contributed by atoms with Crippen molar-refractivity contribution in [1.82, 2.24) is 29.9 Å². The lowest BCUT2D eigenvalue weighted by Crippen LogP contribution is -2.04. The van der Waals surface area contributed by atoms with Crippen LogP contribution in [0.15, 0.2) is 18.5 Å². The van der Waals surface area contributed by atoms with E-state index < -0.39 is 6.61 Å². The molecular formula is C18H29F2N7O2. The third-order valence-electron chi connectivity index (χ3n) is 3.34. The zero-order valence-electron chi connectivity index (χ0n) is 17.4. The van der Waals surface area contributed by atoms with Crippen molar-refractivity contribution in [2.24, 2.45) is 0 Å². The van der Waals surface area contributed by atoms with Gasteiger partial charge in [-0.2, -0.15) is 13.9 Å². The first-order valence-electron chi connectivity index (χ1n) is 9.60. The summed E-state index contributed by atoms with van der Waals surface area (Å²) in [5.74, 6) is 0.573. The number of hydrogen-bond donors (Lipinski definition) is 2. The Bertz CT molecular complexity index is 824. The van der Waals surface area contributed by atoms with Gasteiger partial charge < -0.3 is 14.8 Å². The number of ether oxygens (including phenoxy) is 2. The molecule has 0 atom stereocenters. The van der Waals surface area contributed by atoms with E-state index in [4.69, 9.17) is 4.74 Å². The lowest BCUT2D eigenvalue weighted by Gasteiger charge is -2.05.